The van der Waals surface area contributed by atoms with E-state index >= 15 is 0 Å². The molecule has 1 atom stereocenters. The van der Waals surface area contributed by atoms with Crippen LogP contribution in [0.5, 0.6) is 0 Å². The normalized spacial score (nSPS) is 20.1. The fourth-order valence-electron chi connectivity index (χ4n) is 9.86. The van der Waals surface area contributed by atoms with Crippen molar-refractivity contribution in [1.82, 2.24) is 4.90 Å². The van der Waals surface area contributed by atoms with Crippen molar-refractivity contribution in [2.24, 2.45) is 10.9 Å². The highest BCUT2D eigenvalue weighted by Gasteiger charge is 2.25. The molecule has 3 nitrogen and oxygen atoms in total. The molecule has 0 saturated carbocycles. The van der Waals surface area contributed by atoms with E-state index in [0.717, 1.165) is 80.9 Å². The van der Waals surface area contributed by atoms with Crippen LogP contribution in [-0.2, 0) is 6.42 Å². The molecule has 1 aliphatic heterocycles. The Labute approximate surface area is 434 Å². The lowest BCUT2D eigenvalue weighted by molar-refractivity contribution is 0.485. The van der Waals surface area contributed by atoms with E-state index in [1.54, 1.807) is 0 Å². The SMILES string of the molecule is C=C(c1oc2cccc(-c3ccccc3)c2c1N=C(C)/C(C)=C(/C=C1\Cc2ccccc2-c2ccccc21)N1C/C=C\C(C2=CC=CCC=C2)=C/C/C(C)=C/C(c2ccccc2)=C\C=C\1C)C(C)/C=C\C=C/C. The second-order valence-electron chi connectivity index (χ2n) is 19.2. The molecule has 2 heterocycles. The predicted octanol–water partition coefficient (Wildman–Crippen LogP) is 19.1. The van der Waals surface area contributed by atoms with Gasteiger partial charge in [-0.1, -0.05) is 225 Å². The topological polar surface area (TPSA) is 28.7 Å². The molecule has 5 aromatic carbocycles. The van der Waals surface area contributed by atoms with Gasteiger partial charge in [0.2, 0.25) is 0 Å². The number of fused-ring (bicyclic) bond motifs is 4. The van der Waals surface area contributed by atoms with Gasteiger partial charge in [0.05, 0.1) is 5.39 Å². The summed E-state index contributed by atoms with van der Waals surface area (Å²) in [6.07, 6.45) is 38.4. The highest BCUT2D eigenvalue weighted by molar-refractivity contribution is 6.09. The molecular formula is C70H66N2O. The van der Waals surface area contributed by atoms with E-state index in [4.69, 9.17) is 9.41 Å². The summed E-state index contributed by atoms with van der Waals surface area (Å²) in [6, 6.07) is 45.3. The van der Waals surface area contributed by atoms with Crippen LogP contribution in [0.1, 0.15) is 76.8 Å². The largest absolute Gasteiger partial charge is 0.454 e. The van der Waals surface area contributed by atoms with Gasteiger partial charge in [0, 0.05) is 29.6 Å². The zero-order valence-corrected chi connectivity index (χ0v) is 43.3. The first-order valence-corrected chi connectivity index (χ1v) is 25.7. The van der Waals surface area contributed by atoms with Crippen LogP contribution < -0.4 is 0 Å². The van der Waals surface area contributed by atoms with Gasteiger partial charge in [-0.15, -0.1) is 0 Å². The minimum atomic E-state index is -0.00449. The van der Waals surface area contributed by atoms with E-state index in [0.29, 0.717) is 12.3 Å². The molecule has 3 aliphatic rings. The van der Waals surface area contributed by atoms with Crippen molar-refractivity contribution >= 4 is 39.1 Å². The van der Waals surface area contributed by atoms with E-state index < -0.39 is 0 Å². The molecule has 362 valence electrons. The minimum absolute atomic E-state index is 0.00449. The molecule has 1 unspecified atom stereocenters. The summed E-state index contributed by atoms with van der Waals surface area (Å²) in [5.74, 6) is 0.690. The number of rotatable bonds is 11. The number of nitrogens with zero attached hydrogens (tertiary/aromatic N) is 2. The molecule has 6 aromatic rings. The number of hydrogen-bond donors (Lipinski definition) is 0. The number of aliphatic imine (C=N–C) groups is 1. The molecule has 9 rings (SSSR count). The number of benzene rings is 5. The maximum absolute atomic E-state index is 6.88. The van der Waals surface area contributed by atoms with E-state index in [1.165, 1.54) is 50.1 Å². The summed E-state index contributed by atoms with van der Waals surface area (Å²) >= 11 is 0. The standard InChI is InChI=1S/C70H66N2O/c1-8-9-14-27-50(3)52(5)70-69(68-64(39-25-40-67(68)73-70)58-32-19-13-20-33-58)71-54(7)53(6)66(48-61-47-60-34-21-22-36-62(60)65-38-24-23-37-63(61)65)72-45-26-35-57(55-28-15-10-11-16-29-55)43-41-49(2)46-59(44-42-51(72)4)56-30-17-12-18-31-56/h8-10,12-40,42-44,46,48,50H,5,11,41,45,47H2,1-4,6-7H3/b9-8-,27-14-,35-26-,49-46+,51-42+,57-43+,59-44+,61-48+,66-53-,71-54?. The predicted molar refractivity (Wildman–Crippen MR) is 314 cm³/mol. The lowest BCUT2D eigenvalue weighted by Crippen LogP contribution is -2.23. The highest BCUT2D eigenvalue weighted by Crippen LogP contribution is 2.45. The van der Waals surface area contributed by atoms with Crippen LogP contribution in [-0.4, -0.2) is 17.2 Å². The lowest BCUT2D eigenvalue weighted by atomic mass is 9.82. The van der Waals surface area contributed by atoms with Crippen LogP contribution in [0.15, 0.2) is 274 Å². The molecule has 3 heteroatoms. The molecule has 0 radical (unpaired) electrons. The fraction of sp³-hybridized carbons (Fsp3) is 0.157. The smallest absolute Gasteiger partial charge is 0.157 e. The first-order valence-electron chi connectivity index (χ1n) is 25.7. The Morgan fingerprint density at radius 2 is 1.40 bits per heavy atom. The monoisotopic (exact) mass is 951 g/mol. The Hall–Kier alpha value is -8.27. The first-order chi connectivity index (χ1) is 35.7. The zero-order valence-electron chi connectivity index (χ0n) is 43.3. The zero-order chi connectivity index (χ0) is 50.7. The van der Waals surface area contributed by atoms with Gasteiger partial charge >= 0.3 is 0 Å². The molecule has 0 amide bonds. The molecule has 0 saturated heterocycles. The lowest BCUT2D eigenvalue weighted by Gasteiger charge is -2.30. The van der Waals surface area contributed by atoms with Crippen molar-refractivity contribution in [1.29, 1.82) is 0 Å². The molecule has 2 aliphatic carbocycles. The summed E-state index contributed by atoms with van der Waals surface area (Å²) in [5, 5.41) is 0.971. The summed E-state index contributed by atoms with van der Waals surface area (Å²) in [6.45, 7) is 18.3. The molecule has 0 fully saturated rings. The summed E-state index contributed by atoms with van der Waals surface area (Å²) in [7, 11) is 0. The maximum Gasteiger partial charge on any atom is 0.157 e. The summed E-state index contributed by atoms with van der Waals surface area (Å²) in [5.41, 5.74) is 21.1. The Kier molecular flexibility index (Phi) is 15.9. The summed E-state index contributed by atoms with van der Waals surface area (Å²) < 4.78 is 6.88. The molecule has 0 bridgehead atoms. The Balaban J connectivity index is 1.30. The van der Waals surface area contributed by atoms with Crippen molar-refractivity contribution in [3.05, 3.63) is 287 Å². The van der Waals surface area contributed by atoms with Gasteiger partial charge < -0.3 is 9.32 Å². The van der Waals surface area contributed by atoms with Gasteiger partial charge in [0.15, 0.2) is 5.76 Å². The molecule has 73 heavy (non-hydrogen) atoms. The third-order valence-corrected chi connectivity index (χ3v) is 14.1. The van der Waals surface area contributed by atoms with Crippen LogP contribution in [0.3, 0.4) is 0 Å². The van der Waals surface area contributed by atoms with Crippen LogP contribution in [0, 0.1) is 5.92 Å². The van der Waals surface area contributed by atoms with E-state index in [9.17, 15) is 0 Å². The number of allylic oxidation sites excluding steroid dienone is 23. The van der Waals surface area contributed by atoms with E-state index in [2.05, 4.69) is 259 Å². The van der Waals surface area contributed by atoms with Crippen LogP contribution >= 0.6 is 0 Å². The van der Waals surface area contributed by atoms with E-state index in [1.807, 2.05) is 19.1 Å². The van der Waals surface area contributed by atoms with Crippen molar-refractivity contribution in [3.8, 4) is 22.3 Å². The second kappa shape index (κ2) is 23.3. The average molecular weight is 951 g/mol. The number of hydrogen-bond acceptors (Lipinski definition) is 3. The molecular weight excluding hydrogens is 885 g/mol. The third kappa shape index (κ3) is 11.4. The van der Waals surface area contributed by atoms with Crippen molar-refractivity contribution in [3.63, 3.8) is 0 Å². The third-order valence-electron chi connectivity index (χ3n) is 14.1. The van der Waals surface area contributed by atoms with Gasteiger partial charge in [-0.3, -0.25) is 0 Å². The maximum atomic E-state index is 6.88. The highest BCUT2D eigenvalue weighted by atomic mass is 16.3. The quantitative estimate of drug-likeness (QED) is 0.0956. The van der Waals surface area contributed by atoms with Gasteiger partial charge in [-0.05, 0) is 144 Å². The Bertz CT molecular complexity index is 3450. The van der Waals surface area contributed by atoms with Gasteiger partial charge in [-0.2, -0.15) is 0 Å². The fourth-order valence-corrected chi connectivity index (χ4v) is 9.86. The molecule has 1 aromatic heterocycles. The Morgan fingerprint density at radius 1 is 0.699 bits per heavy atom. The van der Waals surface area contributed by atoms with Crippen molar-refractivity contribution < 1.29 is 4.42 Å². The minimum Gasteiger partial charge on any atom is -0.454 e. The Morgan fingerprint density at radius 3 is 2.18 bits per heavy atom. The first kappa shape index (κ1) is 49.7. The molecule has 0 N–H and O–H groups in total. The molecule has 0 spiro atoms. The van der Waals surface area contributed by atoms with Gasteiger partial charge in [0.25, 0.3) is 0 Å². The average Bonchev–Trinajstić information content (AvgIpc) is 3.57. The van der Waals surface area contributed by atoms with Gasteiger partial charge in [-0.25, -0.2) is 4.99 Å². The van der Waals surface area contributed by atoms with Gasteiger partial charge in [0.1, 0.15) is 11.3 Å². The second-order valence-corrected chi connectivity index (χ2v) is 19.2. The summed E-state index contributed by atoms with van der Waals surface area (Å²) in [4.78, 5) is 8.20. The van der Waals surface area contributed by atoms with Crippen LogP contribution in [0.2, 0.25) is 0 Å². The van der Waals surface area contributed by atoms with Crippen LogP contribution in [0.25, 0.3) is 49.9 Å². The van der Waals surface area contributed by atoms with Crippen molar-refractivity contribution in [2.45, 2.75) is 60.8 Å². The number of furan rings is 1. The van der Waals surface area contributed by atoms with E-state index in [-0.39, 0.29) is 5.92 Å². The van der Waals surface area contributed by atoms with Crippen LogP contribution in [0.4, 0.5) is 5.69 Å². The van der Waals surface area contributed by atoms with Crippen molar-refractivity contribution in [2.75, 3.05) is 6.54 Å².